The zero-order chi connectivity index (χ0) is 16.5. The Morgan fingerprint density at radius 3 is 2.56 bits per heavy atom. The lowest BCUT2D eigenvalue weighted by atomic mass is 9.77. The molecule has 1 aliphatic carbocycles. The Kier molecular flexibility index (Phi) is 5.10. The molecule has 4 rings (SSSR count). The van der Waals surface area contributed by atoms with E-state index in [1.54, 1.807) is 7.11 Å². The Labute approximate surface area is 155 Å². The van der Waals surface area contributed by atoms with Crippen LogP contribution in [0.2, 0.25) is 0 Å². The van der Waals surface area contributed by atoms with Crippen molar-refractivity contribution in [3.05, 3.63) is 77.5 Å². The summed E-state index contributed by atoms with van der Waals surface area (Å²) in [6.07, 6.45) is 7.63. The van der Waals surface area contributed by atoms with E-state index in [4.69, 9.17) is 4.74 Å². The molecule has 1 aliphatic rings. The van der Waals surface area contributed by atoms with Gasteiger partial charge in [0.05, 0.1) is 12.6 Å². The smallest absolute Gasteiger partial charge is 0.118 e. The van der Waals surface area contributed by atoms with Crippen molar-refractivity contribution >= 4 is 29.4 Å². The molecule has 0 aliphatic heterocycles. The molecule has 2 atom stereocenters. The summed E-state index contributed by atoms with van der Waals surface area (Å²) in [5.74, 6) is 1.88. The summed E-state index contributed by atoms with van der Waals surface area (Å²) in [7, 11) is 1.71. The maximum atomic E-state index is 5.25. The van der Waals surface area contributed by atoms with Crippen molar-refractivity contribution in [3.63, 3.8) is 0 Å². The highest BCUT2D eigenvalue weighted by Crippen LogP contribution is 2.39. The van der Waals surface area contributed by atoms with Crippen molar-refractivity contribution in [1.82, 2.24) is 4.98 Å². The fourth-order valence-corrected chi connectivity index (χ4v) is 3.71. The van der Waals surface area contributed by atoms with Gasteiger partial charge in [-0.2, -0.15) is 0 Å². The number of halogens is 1. The minimum Gasteiger partial charge on any atom is -0.497 e. The summed E-state index contributed by atoms with van der Waals surface area (Å²) >= 11 is 0. The fraction of sp³-hybridized carbons (Fsp3) is 0.227. The lowest BCUT2D eigenvalue weighted by Gasteiger charge is -2.28. The average molecular weight is 352 g/mol. The van der Waals surface area contributed by atoms with Gasteiger partial charge in [-0.15, -0.1) is 12.4 Å². The van der Waals surface area contributed by atoms with Crippen molar-refractivity contribution in [2.24, 2.45) is 5.92 Å². The van der Waals surface area contributed by atoms with Gasteiger partial charge in [0, 0.05) is 11.6 Å². The molecular weight excluding hydrogens is 330 g/mol. The van der Waals surface area contributed by atoms with Gasteiger partial charge in [-0.3, -0.25) is 4.98 Å². The summed E-state index contributed by atoms with van der Waals surface area (Å²) in [6.45, 7) is 2.34. The first kappa shape index (κ1) is 17.5. The first-order valence-corrected chi connectivity index (χ1v) is 8.45. The molecule has 0 spiro atoms. The SMILES string of the molecule is COc1ccc(CC2C=Cc3cnc4ccccc4c3C2C)cc1.Cl. The molecule has 128 valence electrons. The highest BCUT2D eigenvalue weighted by molar-refractivity contribution is 5.86. The number of benzene rings is 2. The van der Waals surface area contributed by atoms with Crippen LogP contribution in [0.25, 0.3) is 17.0 Å². The minimum absolute atomic E-state index is 0. The van der Waals surface area contributed by atoms with Crippen LogP contribution >= 0.6 is 12.4 Å². The normalized spacial score (nSPS) is 18.5. The molecule has 0 amide bonds. The van der Waals surface area contributed by atoms with Crippen molar-refractivity contribution in [3.8, 4) is 5.75 Å². The molecule has 1 aromatic heterocycles. The van der Waals surface area contributed by atoms with Crippen LogP contribution in [0.4, 0.5) is 0 Å². The number of hydrogen-bond donors (Lipinski definition) is 0. The van der Waals surface area contributed by atoms with E-state index in [0.717, 1.165) is 17.7 Å². The van der Waals surface area contributed by atoms with E-state index in [-0.39, 0.29) is 12.4 Å². The molecule has 0 N–H and O–H groups in total. The number of methoxy groups -OCH3 is 1. The van der Waals surface area contributed by atoms with E-state index in [2.05, 4.69) is 60.5 Å². The molecular formula is C22H22ClNO. The monoisotopic (exact) mass is 351 g/mol. The van der Waals surface area contributed by atoms with Crippen LogP contribution in [-0.2, 0) is 6.42 Å². The summed E-state index contributed by atoms with van der Waals surface area (Å²) in [5.41, 5.74) is 5.12. The van der Waals surface area contributed by atoms with E-state index in [0.29, 0.717) is 11.8 Å². The minimum atomic E-state index is 0. The van der Waals surface area contributed by atoms with E-state index in [9.17, 15) is 0 Å². The van der Waals surface area contributed by atoms with E-state index >= 15 is 0 Å². The topological polar surface area (TPSA) is 22.1 Å². The van der Waals surface area contributed by atoms with E-state index in [1.165, 1.54) is 22.1 Å². The lowest BCUT2D eigenvalue weighted by molar-refractivity contribution is 0.414. The first-order chi connectivity index (χ1) is 11.8. The maximum absolute atomic E-state index is 5.25. The molecule has 0 radical (unpaired) electrons. The molecule has 0 fully saturated rings. The number of fused-ring (bicyclic) bond motifs is 3. The number of aromatic nitrogens is 1. The van der Waals surface area contributed by atoms with Gasteiger partial charge in [0.25, 0.3) is 0 Å². The molecule has 1 heterocycles. The Morgan fingerprint density at radius 2 is 1.80 bits per heavy atom. The third kappa shape index (κ3) is 3.27. The van der Waals surface area contributed by atoms with Crippen LogP contribution in [0.5, 0.6) is 5.75 Å². The van der Waals surface area contributed by atoms with E-state index in [1.807, 2.05) is 18.3 Å². The lowest BCUT2D eigenvalue weighted by Crippen LogP contribution is -2.16. The number of para-hydroxylation sites is 1. The second-order valence-corrected chi connectivity index (χ2v) is 6.51. The van der Waals surface area contributed by atoms with Gasteiger partial charge in [-0.25, -0.2) is 0 Å². The summed E-state index contributed by atoms with van der Waals surface area (Å²) in [5, 5.41) is 1.28. The van der Waals surface area contributed by atoms with Crippen molar-refractivity contribution < 1.29 is 4.74 Å². The highest BCUT2D eigenvalue weighted by Gasteiger charge is 2.24. The van der Waals surface area contributed by atoms with Crippen LogP contribution in [0.3, 0.4) is 0 Å². The maximum Gasteiger partial charge on any atom is 0.118 e. The molecule has 0 saturated carbocycles. The molecule has 3 heteroatoms. The quantitative estimate of drug-likeness (QED) is 0.608. The Hall–Kier alpha value is -2.32. The molecule has 0 bridgehead atoms. The molecule has 25 heavy (non-hydrogen) atoms. The van der Waals surface area contributed by atoms with Crippen molar-refractivity contribution in [1.29, 1.82) is 0 Å². The van der Waals surface area contributed by atoms with Crippen LogP contribution in [0.15, 0.2) is 60.8 Å². The summed E-state index contributed by atoms with van der Waals surface area (Å²) < 4.78 is 5.25. The number of allylic oxidation sites excluding steroid dienone is 1. The predicted molar refractivity (Wildman–Crippen MR) is 107 cm³/mol. The number of hydrogen-bond acceptors (Lipinski definition) is 2. The second kappa shape index (κ2) is 7.28. The van der Waals surface area contributed by atoms with Crippen LogP contribution in [0, 0.1) is 5.92 Å². The third-order valence-electron chi connectivity index (χ3n) is 5.10. The standard InChI is InChI=1S/C22H21NO.ClH/c1-15-17(13-16-7-11-19(24-2)12-8-16)9-10-18-14-23-21-6-4-3-5-20(21)22(15)18;/h3-12,14-15,17H,13H2,1-2H3;1H. The molecule has 2 aromatic carbocycles. The third-order valence-corrected chi connectivity index (χ3v) is 5.10. The van der Waals surface area contributed by atoms with Crippen molar-refractivity contribution in [2.75, 3.05) is 7.11 Å². The van der Waals surface area contributed by atoms with Gasteiger partial charge >= 0.3 is 0 Å². The Balaban J connectivity index is 0.00000182. The van der Waals surface area contributed by atoms with Crippen molar-refractivity contribution in [2.45, 2.75) is 19.3 Å². The van der Waals surface area contributed by atoms with Gasteiger partial charge in [-0.05, 0) is 53.1 Å². The van der Waals surface area contributed by atoms with Crippen LogP contribution in [0.1, 0.15) is 29.5 Å². The summed E-state index contributed by atoms with van der Waals surface area (Å²) in [4.78, 5) is 4.59. The molecule has 3 aromatic rings. The number of pyridine rings is 1. The fourth-order valence-electron chi connectivity index (χ4n) is 3.71. The summed E-state index contributed by atoms with van der Waals surface area (Å²) in [6, 6.07) is 16.9. The predicted octanol–water partition coefficient (Wildman–Crippen LogP) is 5.65. The zero-order valence-corrected chi connectivity index (χ0v) is 15.3. The largest absolute Gasteiger partial charge is 0.497 e. The zero-order valence-electron chi connectivity index (χ0n) is 14.5. The first-order valence-electron chi connectivity index (χ1n) is 8.45. The Morgan fingerprint density at radius 1 is 1.04 bits per heavy atom. The Bertz CT molecular complexity index is 902. The molecule has 2 nitrogen and oxygen atoms in total. The second-order valence-electron chi connectivity index (χ2n) is 6.51. The number of nitrogens with zero attached hydrogens (tertiary/aromatic N) is 1. The van der Waals surface area contributed by atoms with Gasteiger partial charge in [0.15, 0.2) is 0 Å². The van der Waals surface area contributed by atoms with Gasteiger partial charge in [-0.1, -0.05) is 49.4 Å². The average Bonchev–Trinajstić information content (AvgIpc) is 2.64. The van der Waals surface area contributed by atoms with Crippen LogP contribution in [-0.4, -0.2) is 12.1 Å². The molecule has 0 saturated heterocycles. The molecule has 2 unspecified atom stereocenters. The number of rotatable bonds is 3. The highest BCUT2D eigenvalue weighted by atomic mass is 35.5. The van der Waals surface area contributed by atoms with E-state index < -0.39 is 0 Å². The number of ether oxygens (including phenoxy) is 1. The van der Waals surface area contributed by atoms with Gasteiger partial charge in [0.2, 0.25) is 0 Å². The van der Waals surface area contributed by atoms with Gasteiger partial charge < -0.3 is 4.74 Å². The van der Waals surface area contributed by atoms with Crippen LogP contribution < -0.4 is 4.74 Å². The van der Waals surface area contributed by atoms with Gasteiger partial charge in [0.1, 0.15) is 5.75 Å².